The number of fused-ring (bicyclic) bond motifs is 1. The van der Waals surface area contributed by atoms with Crippen molar-refractivity contribution in [1.29, 1.82) is 0 Å². The zero-order valence-electron chi connectivity index (χ0n) is 8.54. The van der Waals surface area contributed by atoms with Gasteiger partial charge in [0.15, 0.2) is 0 Å². The molecular formula is C9H15N5. The number of anilines is 3. The number of hydrogen-bond acceptors (Lipinski definition) is 5. The van der Waals surface area contributed by atoms with Crippen molar-refractivity contribution in [2.45, 2.75) is 12.8 Å². The Morgan fingerprint density at radius 3 is 2.86 bits per heavy atom. The van der Waals surface area contributed by atoms with Gasteiger partial charge in [-0.25, -0.2) is 0 Å². The van der Waals surface area contributed by atoms with Crippen molar-refractivity contribution in [3.05, 3.63) is 5.56 Å². The van der Waals surface area contributed by atoms with Gasteiger partial charge < -0.3 is 16.0 Å². The highest BCUT2D eigenvalue weighted by atomic mass is 15.2. The second-order valence-electron chi connectivity index (χ2n) is 3.66. The standard InChI is InChI=1S/C9H15N5/c1-14(2)8-6-4-3-5-11-7(6)12-9(10)13-8/h3-5H2,1-2H3,(H3,10,11,12,13). The monoisotopic (exact) mass is 193 g/mol. The van der Waals surface area contributed by atoms with Crippen LogP contribution < -0.4 is 16.0 Å². The van der Waals surface area contributed by atoms with Crippen LogP contribution in [0.2, 0.25) is 0 Å². The first kappa shape index (κ1) is 9.05. The SMILES string of the molecule is CN(C)c1nc(N)nc2c1CCCN2. The van der Waals surface area contributed by atoms with E-state index in [9.17, 15) is 0 Å². The number of nitrogens with zero attached hydrogens (tertiary/aromatic N) is 3. The Labute approximate surface area is 83.3 Å². The van der Waals surface area contributed by atoms with Gasteiger partial charge in [-0.15, -0.1) is 0 Å². The summed E-state index contributed by atoms with van der Waals surface area (Å²) in [6.45, 7) is 0.969. The van der Waals surface area contributed by atoms with Gasteiger partial charge in [0.05, 0.1) is 0 Å². The number of aromatic nitrogens is 2. The lowest BCUT2D eigenvalue weighted by molar-refractivity contribution is 0.804. The molecule has 5 nitrogen and oxygen atoms in total. The van der Waals surface area contributed by atoms with Crippen LogP contribution in [0.25, 0.3) is 0 Å². The van der Waals surface area contributed by atoms with Gasteiger partial charge >= 0.3 is 0 Å². The summed E-state index contributed by atoms with van der Waals surface area (Å²) in [5, 5.41) is 3.24. The molecule has 0 saturated heterocycles. The zero-order chi connectivity index (χ0) is 10.1. The van der Waals surface area contributed by atoms with Crippen LogP contribution in [0.3, 0.4) is 0 Å². The van der Waals surface area contributed by atoms with Crippen molar-refractivity contribution in [1.82, 2.24) is 9.97 Å². The average Bonchev–Trinajstić information content (AvgIpc) is 2.16. The Balaban J connectivity index is 2.52. The van der Waals surface area contributed by atoms with E-state index in [2.05, 4.69) is 15.3 Å². The summed E-state index contributed by atoms with van der Waals surface area (Å²) in [7, 11) is 3.94. The third kappa shape index (κ3) is 1.45. The maximum absolute atomic E-state index is 5.63. The van der Waals surface area contributed by atoms with Gasteiger partial charge in [0.1, 0.15) is 11.6 Å². The molecule has 0 radical (unpaired) electrons. The molecule has 0 spiro atoms. The topological polar surface area (TPSA) is 67.1 Å². The second-order valence-corrected chi connectivity index (χ2v) is 3.66. The molecule has 2 rings (SSSR count). The molecule has 1 aromatic heterocycles. The molecule has 5 heteroatoms. The molecule has 1 aliphatic rings. The molecule has 76 valence electrons. The van der Waals surface area contributed by atoms with E-state index in [1.54, 1.807) is 0 Å². The quantitative estimate of drug-likeness (QED) is 0.679. The summed E-state index contributed by atoms with van der Waals surface area (Å²) < 4.78 is 0. The molecule has 1 aromatic rings. The second kappa shape index (κ2) is 3.32. The molecule has 0 aromatic carbocycles. The lowest BCUT2D eigenvalue weighted by atomic mass is 10.1. The minimum absolute atomic E-state index is 0.335. The third-order valence-corrected chi connectivity index (χ3v) is 2.32. The van der Waals surface area contributed by atoms with Gasteiger partial charge in [-0.05, 0) is 12.8 Å². The number of nitrogens with one attached hydrogen (secondary N) is 1. The van der Waals surface area contributed by atoms with Crippen LogP contribution in [-0.2, 0) is 6.42 Å². The lowest BCUT2D eigenvalue weighted by Gasteiger charge is -2.22. The van der Waals surface area contributed by atoms with Crippen molar-refractivity contribution >= 4 is 17.6 Å². The number of rotatable bonds is 1. The van der Waals surface area contributed by atoms with Crippen molar-refractivity contribution < 1.29 is 0 Å². The van der Waals surface area contributed by atoms with E-state index < -0.39 is 0 Å². The normalized spacial score (nSPS) is 14.4. The highest BCUT2D eigenvalue weighted by Crippen LogP contribution is 2.27. The van der Waals surface area contributed by atoms with E-state index in [0.717, 1.165) is 31.0 Å². The van der Waals surface area contributed by atoms with E-state index in [0.29, 0.717) is 5.95 Å². The van der Waals surface area contributed by atoms with Crippen LogP contribution in [0.5, 0.6) is 0 Å². The first-order chi connectivity index (χ1) is 6.68. The van der Waals surface area contributed by atoms with Gasteiger partial charge in [0.2, 0.25) is 5.95 Å². The average molecular weight is 193 g/mol. The molecule has 1 aliphatic heterocycles. The highest BCUT2D eigenvalue weighted by Gasteiger charge is 2.17. The Hall–Kier alpha value is -1.52. The summed E-state index contributed by atoms with van der Waals surface area (Å²) in [5.41, 5.74) is 6.81. The van der Waals surface area contributed by atoms with Crippen LogP contribution in [0, 0.1) is 0 Å². The van der Waals surface area contributed by atoms with Crippen molar-refractivity contribution in [3.63, 3.8) is 0 Å². The van der Waals surface area contributed by atoms with E-state index >= 15 is 0 Å². The Morgan fingerprint density at radius 2 is 2.14 bits per heavy atom. The van der Waals surface area contributed by atoms with Gasteiger partial charge in [0.25, 0.3) is 0 Å². The number of nitrogens with two attached hydrogens (primary N) is 1. The van der Waals surface area contributed by atoms with Crippen LogP contribution in [-0.4, -0.2) is 30.6 Å². The summed E-state index contributed by atoms with van der Waals surface area (Å²) in [5.74, 6) is 2.16. The molecule has 3 N–H and O–H groups in total. The molecule has 0 bridgehead atoms. The highest BCUT2D eigenvalue weighted by molar-refractivity contribution is 5.62. The Kier molecular flexibility index (Phi) is 2.15. The molecule has 14 heavy (non-hydrogen) atoms. The molecule has 0 saturated carbocycles. The number of hydrogen-bond donors (Lipinski definition) is 2. The van der Waals surface area contributed by atoms with E-state index in [-0.39, 0.29) is 0 Å². The molecule has 0 amide bonds. The predicted octanol–water partition coefficient (Wildman–Crippen LogP) is 0.483. The van der Waals surface area contributed by atoms with Crippen molar-refractivity contribution in [2.24, 2.45) is 0 Å². The van der Waals surface area contributed by atoms with Gasteiger partial charge in [-0.2, -0.15) is 9.97 Å². The largest absolute Gasteiger partial charge is 0.370 e. The molecule has 0 fully saturated rings. The van der Waals surface area contributed by atoms with Crippen LogP contribution >= 0.6 is 0 Å². The first-order valence-electron chi connectivity index (χ1n) is 4.76. The van der Waals surface area contributed by atoms with Crippen molar-refractivity contribution in [2.75, 3.05) is 36.6 Å². The van der Waals surface area contributed by atoms with E-state index in [1.807, 2.05) is 19.0 Å². The molecule has 2 heterocycles. The Morgan fingerprint density at radius 1 is 1.36 bits per heavy atom. The molecule has 0 unspecified atom stereocenters. The summed E-state index contributed by atoms with van der Waals surface area (Å²) in [6, 6.07) is 0. The molecule has 0 atom stereocenters. The fraction of sp³-hybridized carbons (Fsp3) is 0.556. The third-order valence-electron chi connectivity index (χ3n) is 2.32. The van der Waals surface area contributed by atoms with Gasteiger partial charge in [0, 0.05) is 26.2 Å². The summed E-state index contributed by atoms with van der Waals surface area (Å²) in [6.07, 6.45) is 2.15. The van der Waals surface area contributed by atoms with Crippen LogP contribution in [0.1, 0.15) is 12.0 Å². The van der Waals surface area contributed by atoms with E-state index in [1.165, 1.54) is 5.56 Å². The fourth-order valence-electron chi connectivity index (χ4n) is 1.71. The van der Waals surface area contributed by atoms with Gasteiger partial charge in [-0.1, -0.05) is 0 Å². The minimum Gasteiger partial charge on any atom is -0.370 e. The smallest absolute Gasteiger partial charge is 0.223 e. The zero-order valence-corrected chi connectivity index (χ0v) is 8.54. The molecular weight excluding hydrogens is 178 g/mol. The minimum atomic E-state index is 0.335. The van der Waals surface area contributed by atoms with Crippen LogP contribution in [0.4, 0.5) is 17.6 Å². The maximum Gasteiger partial charge on any atom is 0.223 e. The fourth-order valence-corrected chi connectivity index (χ4v) is 1.71. The Bertz CT molecular complexity index is 347. The maximum atomic E-state index is 5.63. The van der Waals surface area contributed by atoms with Gasteiger partial charge in [-0.3, -0.25) is 0 Å². The van der Waals surface area contributed by atoms with E-state index in [4.69, 9.17) is 5.73 Å². The lowest BCUT2D eigenvalue weighted by Crippen LogP contribution is -2.21. The predicted molar refractivity (Wildman–Crippen MR) is 57.6 cm³/mol. The van der Waals surface area contributed by atoms with Crippen LogP contribution in [0.15, 0.2) is 0 Å². The molecule has 0 aliphatic carbocycles. The first-order valence-corrected chi connectivity index (χ1v) is 4.76. The summed E-state index contributed by atoms with van der Waals surface area (Å²) in [4.78, 5) is 10.4. The van der Waals surface area contributed by atoms with Crippen molar-refractivity contribution in [3.8, 4) is 0 Å². The number of nitrogen functional groups attached to an aromatic ring is 1. The summed E-state index contributed by atoms with van der Waals surface area (Å²) >= 11 is 0.